The monoisotopic (exact) mass is 262 g/mol. The number of nitrogens with zero attached hydrogens (tertiary/aromatic N) is 4. The highest BCUT2D eigenvalue weighted by Gasteiger charge is 2.41. The SMILES string of the molecule is Cc1cnc2c(c1C)N(C)C(=O)C1CN(O)CCN21. The van der Waals surface area contributed by atoms with Crippen molar-refractivity contribution in [3.05, 3.63) is 17.3 Å². The lowest BCUT2D eigenvalue weighted by Crippen LogP contribution is -2.62. The largest absolute Gasteiger partial charge is 0.340 e. The maximum Gasteiger partial charge on any atom is 0.251 e. The van der Waals surface area contributed by atoms with E-state index in [1.54, 1.807) is 11.9 Å². The van der Waals surface area contributed by atoms with E-state index in [1.165, 1.54) is 5.06 Å². The first kappa shape index (κ1) is 12.4. The first-order chi connectivity index (χ1) is 9.00. The highest BCUT2D eigenvalue weighted by Crippen LogP contribution is 2.38. The van der Waals surface area contributed by atoms with Crippen molar-refractivity contribution in [2.24, 2.45) is 0 Å². The molecule has 1 unspecified atom stereocenters. The molecule has 6 nitrogen and oxygen atoms in total. The van der Waals surface area contributed by atoms with E-state index in [9.17, 15) is 10.0 Å². The van der Waals surface area contributed by atoms with Gasteiger partial charge in [-0.3, -0.25) is 4.79 Å². The number of carbonyl (C=O) groups is 1. The molecular weight excluding hydrogens is 244 g/mol. The van der Waals surface area contributed by atoms with Crippen LogP contribution in [0.4, 0.5) is 11.5 Å². The summed E-state index contributed by atoms with van der Waals surface area (Å²) in [6.45, 7) is 5.49. The van der Waals surface area contributed by atoms with E-state index in [1.807, 2.05) is 24.9 Å². The maximum atomic E-state index is 12.5. The second kappa shape index (κ2) is 4.18. The van der Waals surface area contributed by atoms with Crippen LogP contribution in [0.3, 0.4) is 0 Å². The zero-order chi connectivity index (χ0) is 13.7. The molecule has 0 aromatic carbocycles. The van der Waals surface area contributed by atoms with E-state index in [0.29, 0.717) is 19.6 Å². The Bertz CT molecular complexity index is 546. The van der Waals surface area contributed by atoms with Crippen LogP contribution in [-0.4, -0.2) is 53.9 Å². The molecule has 0 aliphatic carbocycles. The van der Waals surface area contributed by atoms with Crippen molar-refractivity contribution >= 4 is 17.4 Å². The predicted molar refractivity (Wildman–Crippen MR) is 71.6 cm³/mol. The number of likely N-dealkylation sites (N-methyl/N-ethyl adjacent to an activating group) is 1. The quantitative estimate of drug-likeness (QED) is 0.740. The Labute approximate surface area is 112 Å². The van der Waals surface area contributed by atoms with Gasteiger partial charge in [0.15, 0.2) is 5.82 Å². The van der Waals surface area contributed by atoms with Crippen molar-refractivity contribution in [2.45, 2.75) is 19.9 Å². The molecule has 1 aromatic rings. The van der Waals surface area contributed by atoms with Gasteiger partial charge in [0.25, 0.3) is 5.91 Å². The molecule has 6 heteroatoms. The number of anilines is 2. The first-order valence-electron chi connectivity index (χ1n) is 6.45. The van der Waals surface area contributed by atoms with Gasteiger partial charge in [-0.2, -0.15) is 5.06 Å². The molecule has 1 fully saturated rings. The fourth-order valence-corrected chi connectivity index (χ4v) is 2.85. The highest BCUT2D eigenvalue weighted by molar-refractivity contribution is 6.05. The van der Waals surface area contributed by atoms with Gasteiger partial charge in [0, 0.05) is 26.3 Å². The lowest BCUT2D eigenvalue weighted by Gasteiger charge is -2.45. The van der Waals surface area contributed by atoms with Crippen LogP contribution in [0.5, 0.6) is 0 Å². The Morgan fingerprint density at radius 2 is 2.11 bits per heavy atom. The van der Waals surface area contributed by atoms with Crippen LogP contribution in [0.15, 0.2) is 6.20 Å². The molecule has 1 amide bonds. The van der Waals surface area contributed by atoms with Gasteiger partial charge in [0.2, 0.25) is 0 Å². The number of hydrogen-bond donors (Lipinski definition) is 1. The summed E-state index contributed by atoms with van der Waals surface area (Å²) in [5, 5.41) is 10.8. The summed E-state index contributed by atoms with van der Waals surface area (Å²) < 4.78 is 0. The van der Waals surface area contributed by atoms with Crippen LogP contribution in [0.2, 0.25) is 0 Å². The number of rotatable bonds is 0. The molecule has 3 rings (SSSR count). The van der Waals surface area contributed by atoms with E-state index in [0.717, 1.165) is 22.6 Å². The third-order valence-electron chi connectivity index (χ3n) is 4.12. The molecule has 2 aliphatic heterocycles. The summed E-state index contributed by atoms with van der Waals surface area (Å²) in [6.07, 6.45) is 1.85. The van der Waals surface area contributed by atoms with Crippen LogP contribution in [-0.2, 0) is 4.79 Å². The number of amides is 1. The molecule has 1 N–H and O–H groups in total. The van der Waals surface area contributed by atoms with E-state index >= 15 is 0 Å². The van der Waals surface area contributed by atoms with Gasteiger partial charge < -0.3 is 15.0 Å². The summed E-state index contributed by atoms with van der Waals surface area (Å²) in [7, 11) is 1.78. The molecule has 1 atom stereocenters. The average molecular weight is 262 g/mol. The van der Waals surface area contributed by atoms with Crippen LogP contribution in [0, 0.1) is 13.8 Å². The minimum Gasteiger partial charge on any atom is -0.340 e. The molecule has 19 heavy (non-hydrogen) atoms. The van der Waals surface area contributed by atoms with Crippen molar-refractivity contribution in [1.82, 2.24) is 10.0 Å². The van der Waals surface area contributed by atoms with Crippen molar-refractivity contribution in [2.75, 3.05) is 36.5 Å². The van der Waals surface area contributed by atoms with Crippen LogP contribution in [0.1, 0.15) is 11.1 Å². The molecule has 2 aliphatic rings. The lowest BCUT2D eigenvalue weighted by molar-refractivity contribution is -0.131. The Morgan fingerprint density at radius 3 is 2.84 bits per heavy atom. The van der Waals surface area contributed by atoms with Crippen LogP contribution < -0.4 is 9.80 Å². The number of pyridine rings is 1. The summed E-state index contributed by atoms with van der Waals surface area (Å²) in [5.41, 5.74) is 3.07. The highest BCUT2D eigenvalue weighted by atomic mass is 16.5. The number of carbonyl (C=O) groups excluding carboxylic acids is 1. The molecule has 1 saturated heterocycles. The van der Waals surface area contributed by atoms with Crippen LogP contribution in [0.25, 0.3) is 0 Å². The molecule has 0 bridgehead atoms. The first-order valence-corrected chi connectivity index (χ1v) is 6.45. The zero-order valence-electron chi connectivity index (χ0n) is 11.4. The lowest BCUT2D eigenvalue weighted by atomic mass is 10.0. The summed E-state index contributed by atoms with van der Waals surface area (Å²) in [4.78, 5) is 20.6. The minimum atomic E-state index is -0.342. The summed E-state index contributed by atoms with van der Waals surface area (Å²) >= 11 is 0. The van der Waals surface area contributed by atoms with E-state index < -0.39 is 0 Å². The predicted octanol–water partition coefficient (Wildman–Crippen LogP) is 0.555. The van der Waals surface area contributed by atoms with Gasteiger partial charge in [-0.05, 0) is 25.0 Å². The summed E-state index contributed by atoms with van der Waals surface area (Å²) in [6, 6.07) is -0.342. The van der Waals surface area contributed by atoms with Crippen molar-refractivity contribution in [3.63, 3.8) is 0 Å². The van der Waals surface area contributed by atoms with Gasteiger partial charge in [0.05, 0.1) is 12.2 Å². The fourth-order valence-electron chi connectivity index (χ4n) is 2.85. The third-order valence-corrected chi connectivity index (χ3v) is 4.12. The van der Waals surface area contributed by atoms with Crippen molar-refractivity contribution in [3.8, 4) is 0 Å². The maximum absolute atomic E-state index is 12.5. The van der Waals surface area contributed by atoms with Gasteiger partial charge in [-0.25, -0.2) is 4.98 Å². The standard InChI is InChI=1S/C13H18N4O2/c1-8-6-14-12-11(9(8)2)15(3)13(18)10-7-16(19)4-5-17(10)12/h6,10,19H,4-5,7H2,1-3H3. The average Bonchev–Trinajstić information content (AvgIpc) is 2.39. The summed E-state index contributed by atoms with van der Waals surface area (Å²) in [5.74, 6) is 0.866. The second-order valence-electron chi connectivity index (χ2n) is 5.26. The molecule has 102 valence electrons. The Balaban J connectivity index is 2.14. The van der Waals surface area contributed by atoms with Crippen molar-refractivity contribution in [1.29, 1.82) is 0 Å². The van der Waals surface area contributed by atoms with E-state index in [4.69, 9.17) is 0 Å². The van der Waals surface area contributed by atoms with E-state index in [2.05, 4.69) is 4.98 Å². The van der Waals surface area contributed by atoms with Crippen molar-refractivity contribution < 1.29 is 10.0 Å². The van der Waals surface area contributed by atoms with E-state index in [-0.39, 0.29) is 11.9 Å². The number of hydrogen-bond acceptors (Lipinski definition) is 5. The van der Waals surface area contributed by atoms with Gasteiger partial charge in [-0.1, -0.05) is 0 Å². The third kappa shape index (κ3) is 1.71. The molecule has 0 saturated carbocycles. The Morgan fingerprint density at radius 1 is 1.37 bits per heavy atom. The minimum absolute atomic E-state index is 0.0155. The number of fused-ring (bicyclic) bond motifs is 3. The number of piperazine rings is 1. The molecule has 3 heterocycles. The molecular formula is C13H18N4O2. The second-order valence-corrected chi connectivity index (χ2v) is 5.26. The van der Waals surface area contributed by atoms with Crippen LogP contribution >= 0.6 is 0 Å². The molecule has 0 radical (unpaired) electrons. The number of aromatic nitrogens is 1. The zero-order valence-corrected chi connectivity index (χ0v) is 11.4. The van der Waals surface area contributed by atoms with Gasteiger partial charge >= 0.3 is 0 Å². The smallest absolute Gasteiger partial charge is 0.251 e. The molecule has 1 aromatic heterocycles. The number of aryl methyl sites for hydroxylation is 1. The van der Waals surface area contributed by atoms with Gasteiger partial charge in [0.1, 0.15) is 6.04 Å². The normalized spacial score (nSPS) is 23.4. The Hall–Kier alpha value is -1.66. The molecule has 0 spiro atoms. The van der Waals surface area contributed by atoms with Gasteiger partial charge in [-0.15, -0.1) is 0 Å². The topological polar surface area (TPSA) is 59.9 Å². The number of hydroxylamine groups is 2. The fraction of sp³-hybridized carbons (Fsp3) is 0.538. The Kier molecular flexibility index (Phi) is 2.72.